The highest BCUT2D eigenvalue weighted by Gasteiger charge is 2.19. The molecule has 0 saturated carbocycles. The van der Waals surface area contributed by atoms with Gasteiger partial charge < -0.3 is 0 Å². The van der Waals surface area contributed by atoms with Gasteiger partial charge in [-0.1, -0.05) is 27.7 Å². The van der Waals surface area contributed by atoms with Crippen LogP contribution in [0.4, 0.5) is 0 Å². The molecule has 0 aromatic heterocycles. The van der Waals surface area contributed by atoms with Crippen molar-refractivity contribution in [3.63, 3.8) is 0 Å². The van der Waals surface area contributed by atoms with Gasteiger partial charge in [-0.05, 0) is 16.6 Å². The van der Waals surface area contributed by atoms with Crippen molar-refractivity contribution < 1.29 is 14.5 Å². The van der Waals surface area contributed by atoms with E-state index in [1.807, 2.05) is 14.1 Å². The fourth-order valence-corrected chi connectivity index (χ4v) is 0.694. The Morgan fingerprint density at radius 1 is 0.846 bits per heavy atom. The number of nitrogens with zero attached hydrogens (tertiary/aromatic N) is 1. The monoisotopic (exact) mass is 190 g/mol. The second-order valence-corrected chi connectivity index (χ2v) is 4.63. The summed E-state index contributed by atoms with van der Waals surface area (Å²) in [6.07, 6.45) is 0. The van der Waals surface area contributed by atoms with E-state index >= 15 is 0 Å². The lowest BCUT2D eigenvalue weighted by atomic mass is 10.2. The molecule has 0 aromatic carbocycles. The number of rotatable bonds is 6. The van der Waals surface area contributed by atoms with Gasteiger partial charge in [-0.15, -0.1) is 0 Å². The first kappa shape index (κ1) is 12.9. The predicted octanol–water partition coefficient (Wildman–Crippen LogP) is 2.24. The molecule has 13 heavy (non-hydrogen) atoms. The normalized spacial score (nSPS) is 12.9. The molecule has 0 radical (unpaired) electrons. The van der Waals surface area contributed by atoms with Gasteiger partial charge in [-0.2, -0.15) is 9.68 Å². The van der Waals surface area contributed by atoms with E-state index in [0.717, 1.165) is 13.2 Å². The van der Waals surface area contributed by atoms with Crippen LogP contribution in [0.5, 0.6) is 0 Å². The third kappa shape index (κ3) is 8.22. The van der Waals surface area contributed by atoms with Crippen LogP contribution in [0.1, 0.15) is 27.7 Å². The zero-order valence-electron chi connectivity index (χ0n) is 9.83. The van der Waals surface area contributed by atoms with E-state index in [4.69, 9.17) is 9.68 Å². The number of hydroxylamine groups is 4. The van der Waals surface area contributed by atoms with Crippen molar-refractivity contribution in [2.75, 3.05) is 27.3 Å². The highest BCUT2D eigenvalue weighted by atomic mass is 17.0. The Morgan fingerprint density at radius 2 is 1.15 bits per heavy atom. The average molecular weight is 190 g/mol. The quantitative estimate of drug-likeness (QED) is 0.472. The Balaban J connectivity index is 3.66. The molecule has 0 aliphatic heterocycles. The van der Waals surface area contributed by atoms with Gasteiger partial charge in [0.2, 0.25) is 0 Å². The van der Waals surface area contributed by atoms with E-state index in [-0.39, 0.29) is 4.81 Å². The highest BCUT2D eigenvalue weighted by Crippen LogP contribution is 2.06. The van der Waals surface area contributed by atoms with E-state index in [1.165, 1.54) is 0 Å². The van der Waals surface area contributed by atoms with Crippen LogP contribution in [-0.4, -0.2) is 32.1 Å². The molecule has 0 unspecified atom stereocenters. The van der Waals surface area contributed by atoms with Crippen LogP contribution in [-0.2, 0) is 9.68 Å². The summed E-state index contributed by atoms with van der Waals surface area (Å²) < 4.78 is 0. The summed E-state index contributed by atoms with van der Waals surface area (Å²) in [6.45, 7) is 9.96. The molecule has 0 heterocycles. The molecule has 0 aliphatic carbocycles. The van der Waals surface area contributed by atoms with Crippen LogP contribution >= 0.6 is 0 Å². The molecule has 0 saturated heterocycles. The van der Waals surface area contributed by atoms with Gasteiger partial charge in [-0.3, -0.25) is 0 Å². The number of hydrogen-bond donors (Lipinski definition) is 0. The SMILES string of the molecule is CC(C)CO[N+](C)(C)OCC(C)C. The van der Waals surface area contributed by atoms with Crippen LogP contribution in [0.2, 0.25) is 0 Å². The van der Waals surface area contributed by atoms with E-state index < -0.39 is 0 Å². The zero-order chi connectivity index (χ0) is 10.5. The van der Waals surface area contributed by atoms with Crippen molar-refractivity contribution >= 4 is 0 Å². The third-order valence-electron chi connectivity index (χ3n) is 1.44. The second kappa shape index (κ2) is 5.58. The van der Waals surface area contributed by atoms with Crippen LogP contribution in [0.3, 0.4) is 0 Å². The standard InChI is InChI=1S/C10H24NO2/c1-9(2)7-12-11(5,6)13-8-10(3)4/h9-10H,7-8H2,1-6H3/q+1. The Labute approximate surface area is 82.1 Å². The zero-order valence-corrected chi connectivity index (χ0v) is 9.83. The van der Waals surface area contributed by atoms with Crippen molar-refractivity contribution in [1.82, 2.24) is 0 Å². The van der Waals surface area contributed by atoms with Crippen LogP contribution in [0.15, 0.2) is 0 Å². The first-order chi connectivity index (χ1) is 5.83. The summed E-state index contributed by atoms with van der Waals surface area (Å²) in [7, 11) is 3.82. The highest BCUT2D eigenvalue weighted by molar-refractivity contribution is 4.36. The Hall–Kier alpha value is -0.120. The van der Waals surface area contributed by atoms with E-state index in [2.05, 4.69) is 27.7 Å². The minimum absolute atomic E-state index is 0.191. The summed E-state index contributed by atoms with van der Waals surface area (Å²) in [5.41, 5.74) is 0. The van der Waals surface area contributed by atoms with Gasteiger partial charge in [0, 0.05) is 0 Å². The molecule has 0 aliphatic rings. The molecule has 0 aromatic rings. The maximum absolute atomic E-state index is 5.56. The topological polar surface area (TPSA) is 18.5 Å². The minimum Gasteiger partial charge on any atom is -0.168 e. The fraction of sp³-hybridized carbons (Fsp3) is 1.00. The smallest absolute Gasteiger partial charge is 0.132 e. The maximum Gasteiger partial charge on any atom is 0.132 e. The van der Waals surface area contributed by atoms with Gasteiger partial charge in [0.25, 0.3) is 0 Å². The van der Waals surface area contributed by atoms with Crippen molar-refractivity contribution in [2.24, 2.45) is 11.8 Å². The molecule has 0 rings (SSSR count). The van der Waals surface area contributed by atoms with Crippen molar-refractivity contribution in [3.8, 4) is 0 Å². The van der Waals surface area contributed by atoms with Gasteiger partial charge in [0.05, 0.1) is 0 Å². The summed E-state index contributed by atoms with van der Waals surface area (Å²) >= 11 is 0. The predicted molar refractivity (Wildman–Crippen MR) is 53.7 cm³/mol. The first-order valence-corrected chi connectivity index (χ1v) is 4.96. The Kier molecular flexibility index (Phi) is 5.53. The largest absolute Gasteiger partial charge is 0.168 e. The second-order valence-electron chi connectivity index (χ2n) is 4.63. The average Bonchev–Trinajstić information content (AvgIpc) is 1.98. The molecule has 0 amide bonds. The van der Waals surface area contributed by atoms with E-state index in [1.54, 1.807) is 0 Å². The molecule has 80 valence electrons. The lowest BCUT2D eigenvalue weighted by Gasteiger charge is -2.25. The molecular weight excluding hydrogens is 166 g/mol. The van der Waals surface area contributed by atoms with E-state index in [0.29, 0.717) is 11.8 Å². The molecule has 0 N–H and O–H groups in total. The van der Waals surface area contributed by atoms with E-state index in [9.17, 15) is 0 Å². The third-order valence-corrected chi connectivity index (χ3v) is 1.44. The van der Waals surface area contributed by atoms with Gasteiger partial charge in [0.15, 0.2) is 0 Å². The van der Waals surface area contributed by atoms with Crippen LogP contribution in [0, 0.1) is 11.8 Å². The molecule has 0 fully saturated rings. The summed E-state index contributed by atoms with van der Waals surface area (Å²) in [6, 6.07) is 0. The molecule has 0 spiro atoms. The van der Waals surface area contributed by atoms with Crippen molar-refractivity contribution in [2.45, 2.75) is 27.7 Å². The molecule has 0 bridgehead atoms. The maximum atomic E-state index is 5.56. The lowest BCUT2D eigenvalue weighted by molar-refractivity contribution is -1.22. The van der Waals surface area contributed by atoms with Crippen LogP contribution in [0.25, 0.3) is 0 Å². The van der Waals surface area contributed by atoms with Gasteiger partial charge >= 0.3 is 0 Å². The molecule has 3 heteroatoms. The first-order valence-electron chi connectivity index (χ1n) is 4.96. The fourth-order valence-electron chi connectivity index (χ4n) is 0.694. The van der Waals surface area contributed by atoms with Crippen molar-refractivity contribution in [1.29, 1.82) is 0 Å². The Morgan fingerprint density at radius 3 is 1.38 bits per heavy atom. The Bertz CT molecular complexity index is 119. The van der Waals surface area contributed by atoms with Gasteiger partial charge in [-0.25, -0.2) is 0 Å². The summed E-state index contributed by atoms with van der Waals surface area (Å²) in [5.74, 6) is 1.08. The minimum atomic E-state index is 0.191. The summed E-state index contributed by atoms with van der Waals surface area (Å²) in [5, 5.41) is 0. The molecule has 0 atom stereocenters. The summed E-state index contributed by atoms with van der Waals surface area (Å²) in [4.78, 5) is 11.3. The number of quaternary nitrogens is 1. The molecule has 3 nitrogen and oxygen atoms in total. The van der Waals surface area contributed by atoms with Gasteiger partial charge in [0.1, 0.15) is 27.3 Å². The van der Waals surface area contributed by atoms with Crippen LogP contribution < -0.4 is 0 Å². The van der Waals surface area contributed by atoms with Crippen molar-refractivity contribution in [3.05, 3.63) is 0 Å². The molecular formula is C10H24NO2+. The lowest BCUT2D eigenvalue weighted by Crippen LogP contribution is -2.41. The number of hydrogen-bond acceptors (Lipinski definition) is 2.